The van der Waals surface area contributed by atoms with E-state index in [0.29, 0.717) is 13.2 Å². The van der Waals surface area contributed by atoms with Crippen LogP contribution in [0, 0.1) is 0 Å². The molecule has 0 radical (unpaired) electrons. The molecule has 0 aromatic rings. The van der Waals surface area contributed by atoms with Gasteiger partial charge >= 0.3 is 6.09 Å². The minimum absolute atomic E-state index is 0.0441. The predicted octanol–water partition coefficient (Wildman–Crippen LogP) is 1.95. The van der Waals surface area contributed by atoms with E-state index in [4.69, 9.17) is 9.47 Å². The molecule has 2 aliphatic rings. The summed E-state index contributed by atoms with van der Waals surface area (Å²) in [4.78, 5) is 13.7. The summed E-state index contributed by atoms with van der Waals surface area (Å²) in [6.45, 7) is 2.06. The maximum atomic E-state index is 11.9. The van der Waals surface area contributed by atoms with Crippen LogP contribution in [0.15, 0.2) is 0 Å². The summed E-state index contributed by atoms with van der Waals surface area (Å²) < 4.78 is 10.6. The van der Waals surface area contributed by atoms with E-state index in [1.807, 2.05) is 4.90 Å². The molecule has 2 heterocycles. The van der Waals surface area contributed by atoms with Crippen LogP contribution in [0.4, 0.5) is 4.79 Å². The average Bonchev–Trinajstić information content (AvgIpc) is 2.89. The van der Waals surface area contributed by atoms with Crippen LogP contribution in [0.2, 0.25) is 0 Å². The van der Waals surface area contributed by atoms with Gasteiger partial charge in [-0.2, -0.15) is 0 Å². The lowest BCUT2D eigenvalue weighted by Gasteiger charge is -2.24. The Morgan fingerprint density at radius 3 is 3.12 bits per heavy atom. The number of thiol groups is 1. The summed E-state index contributed by atoms with van der Waals surface area (Å²) in [5.41, 5.74) is 0. The van der Waals surface area contributed by atoms with Gasteiger partial charge in [-0.3, -0.25) is 0 Å². The lowest BCUT2D eigenvalue weighted by Crippen LogP contribution is -2.39. The van der Waals surface area contributed by atoms with Gasteiger partial charge in [-0.1, -0.05) is 10.8 Å². The molecule has 0 aromatic carbocycles. The van der Waals surface area contributed by atoms with Gasteiger partial charge < -0.3 is 14.4 Å². The maximum Gasteiger partial charge on any atom is 0.410 e. The van der Waals surface area contributed by atoms with Crippen molar-refractivity contribution in [2.24, 2.45) is 0 Å². The van der Waals surface area contributed by atoms with Crippen molar-refractivity contribution in [3.63, 3.8) is 0 Å². The van der Waals surface area contributed by atoms with Crippen LogP contribution in [0.25, 0.3) is 0 Å². The van der Waals surface area contributed by atoms with E-state index < -0.39 is 0 Å². The second-order valence-electron chi connectivity index (χ2n) is 4.15. The highest BCUT2D eigenvalue weighted by Crippen LogP contribution is 2.24. The molecule has 0 spiro atoms. The van der Waals surface area contributed by atoms with E-state index in [9.17, 15) is 4.79 Å². The summed E-state index contributed by atoms with van der Waals surface area (Å²) in [5, 5.41) is 0. The Morgan fingerprint density at radius 1 is 1.56 bits per heavy atom. The Kier molecular flexibility index (Phi) is 4.66. The highest BCUT2D eigenvalue weighted by atomic mass is 33.1. The van der Waals surface area contributed by atoms with Crippen molar-refractivity contribution in [2.75, 3.05) is 25.5 Å². The number of hydrogen-bond acceptors (Lipinski definition) is 5. The van der Waals surface area contributed by atoms with Crippen molar-refractivity contribution >= 4 is 28.5 Å². The first-order valence-corrected chi connectivity index (χ1v) is 7.66. The zero-order valence-corrected chi connectivity index (χ0v) is 10.8. The molecule has 16 heavy (non-hydrogen) atoms. The first-order chi connectivity index (χ1) is 7.81. The molecule has 0 aromatic heterocycles. The van der Waals surface area contributed by atoms with Crippen molar-refractivity contribution in [1.29, 1.82) is 0 Å². The fourth-order valence-corrected chi connectivity index (χ4v) is 3.19. The van der Waals surface area contributed by atoms with Crippen LogP contribution in [0.5, 0.6) is 0 Å². The van der Waals surface area contributed by atoms with Crippen molar-refractivity contribution in [2.45, 2.75) is 31.4 Å². The highest BCUT2D eigenvalue weighted by Gasteiger charge is 2.31. The number of nitrogens with zero attached hydrogens (tertiary/aromatic N) is 1. The van der Waals surface area contributed by atoms with Gasteiger partial charge in [0.05, 0.1) is 13.2 Å². The van der Waals surface area contributed by atoms with Crippen LogP contribution in [-0.2, 0) is 9.47 Å². The number of carbonyl (C=O) groups excluding carboxylic acids is 1. The van der Waals surface area contributed by atoms with E-state index in [0.717, 1.165) is 31.6 Å². The summed E-state index contributed by atoms with van der Waals surface area (Å²) in [5.74, 6) is 0.874. The van der Waals surface area contributed by atoms with Gasteiger partial charge in [-0.05, 0) is 12.8 Å². The van der Waals surface area contributed by atoms with Gasteiger partial charge in [-0.25, -0.2) is 4.79 Å². The minimum Gasteiger partial charge on any atom is -0.444 e. The molecule has 0 aliphatic carbocycles. The number of likely N-dealkylation sites (tertiary alicyclic amines) is 1. The molecule has 92 valence electrons. The van der Waals surface area contributed by atoms with E-state index >= 15 is 0 Å². The Labute approximate surface area is 105 Å². The fraction of sp³-hybridized carbons (Fsp3) is 0.900. The first-order valence-electron chi connectivity index (χ1n) is 5.62. The summed E-state index contributed by atoms with van der Waals surface area (Å²) in [6.07, 6.45) is 2.72. The SMILES string of the molecule is O=C(OC1CCOC1)N1CCCC1CSS. The Morgan fingerprint density at radius 2 is 2.44 bits per heavy atom. The normalized spacial score (nSPS) is 29.7. The molecule has 0 saturated carbocycles. The first kappa shape index (κ1) is 12.4. The van der Waals surface area contributed by atoms with Crippen LogP contribution in [-0.4, -0.2) is 48.7 Å². The maximum absolute atomic E-state index is 11.9. The molecular weight excluding hydrogens is 246 g/mol. The van der Waals surface area contributed by atoms with Gasteiger partial charge in [0, 0.05) is 24.8 Å². The molecule has 6 heteroatoms. The van der Waals surface area contributed by atoms with Crippen molar-refractivity contribution in [1.82, 2.24) is 4.90 Å². The van der Waals surface area contributed by atoms with E-state index in [2.05, 4.69) is 11.7 Å². The Balaban J connectivity index is 1.82. The van der Waals surface area contributed by atoms with Gasteiger partial charge in [0.15, 0.2) is 0 Å². The summed E-state index contributed by atoms with van der Waals surface area (Å²) in [6, 6.07) is 0.289. The Bertz CT molecular complexity index is 246. The van der Waals surface area contributed by atoms with Gasteiger partial charge in [0.2, 0.25) is 0 Å². The lowest BCUT2D eigenvalue weighted by molar-refractivity contribution is 0.0537. The van der Waals surface area contributed by atoms with Crippen LogP contribution >= 0.6 is 22.5 Å². The van der Waals surface area contributed by atoms with Crippen LogP contribution in [0.1, 0.15) is 19.3 Å². The zero-order valence-electron chi connectivity index (χ0n) is 9.13. The molecule has 2 fully saturated rings. The predicted molar refractivity (Wildman–Crippen MR) is 66.9 cm³/mol. The number of ether oxygens (including phenoxy) is 2. The topological polar surface area (TPSA) is 38.8 Å². The molecule has 4 nitrogen and oxygen atoms in total. The van der Waals surface area contributed by atoms with E-state index in [1.54, 1.807) is 0 Å². The third-order valence-corrected chi connectivity index (χ3v) is 4.02. The van der Waals surface area contributed by atoms with Crippen molar-refractivity contribution < 1.29 is 14.3 Å². The number of carbonyl (C=O) groups is 1. The van der Waals surface area contributed by atoms with Crippen LogP contribution < -0.4 is 0 Å². The summed E-state index contributed by atoms with van der Waals surface area (Å²) in [7, 11) is 1.48. The Hall–Kier alpha value is -0.0700. The molecule has 0 bridgehead atoms. The number of hydrogen-bond donors (Lipinski definition) is 1. The molecule has 2 atom stereocenters. The number of amides is 1. The van der Waals surface area contributed by atoms with Crippen molar-refractivity contribution in [3.05, 3.63) is 0 Å². The molecule has 1 amide bonds. The molecule has 2 aliphatic heterocycles. The third kappa shape index (κ3) is 2.99. The third-order valence-electron chi connectivity index (χ3n) is 3.03. The zero-order chi connectivity index (χ0) is 11.4. The fourth-order valence-electron chi connectivity index (χ4n) is 2.15. The second-order valence-corrected chi connectivity index (χ2v) is 5.52. The second kappa shape index (κ2) is 6.02. The smallest absolute Gasteiger partial charge is 0.410 e. The molecule has 2 rings (SSSR count). The van der Waals surface area contributed by atoms with Gasteiger partial charge in [0.25, 0.3) is 0 Å². The van der Waals surface area contributed by atoms with E-state index in [1.165, 1.54) is 10.8 Å². The monoisotopic (exact) mass is 263 g/mol. The average molecular weight is 263 g/mol. The lowest BCUT2D eigenvalue weighted by atomic mass is 10.2. The minimum atomic E-state index is -0.180. The molecule has 2 saturated heterocycles. The quantitative estimate of drug-likeness (QED) is 0.624. The molecular formula is C10H17NO3S2. The molecule has 0 N–H and O–H groups in total. The number of rotatable bonds is 3. The van der Waals surface area contributed by atoms with Crippen LogP contribution in [0.3, 0.4) is 0 Å². The van der Waals surface area contributed by atoms with Crippen molar-refractivity contribution in [3.8, 4) is 0 Å². The standard InChI is InChI=1S/C10H17NO3S2/c12-10(14-9-3-5-13-6-9)11-4-1-2-8(11)7-16-15/h8-9,15H,1-7H2. The largest absolute Gasteiger partial charge is 0.444 e. The highest BCUT2D eigenvalue weighted by molar-refractivity contribution is 8.68. The van der Waals surface area contributed by atoms with Gasteiger partial charge in [0.1, 0.15) is 6.10 Å². The molecule has 2 unspecified atom stereocenters. The van der Waals surface area contributed by atoms with E-state index in [-0.39, 0.29) is 18.2 Å². The summed E-state index contributed by atoms with van der Waals surface area (Å²) >= 11 is 4.14. The van der Waals surface area contributed by atoms with Gasteiger partial charge in [-0.15, -0.1) is 11.7 Å².